The van der Waals surface area contributed by atoms with Gasteiger partial charge in [-0.05, 0) is 62.3 Å². The van der Waals surface area contributed by atoms with Crippen LogP contribution in [0.1, 0.15) is 26.7 Å². The fourth-order valence-corrected chi connectivity index (χ4v) is 4.74. The SMILES string of the molecule is C=CCNCC1CC2=C(C(/C=C\CC(C)F)=NC)CN=C(C(=C)S/C=C\C)N2C1.Fc1cccc(Cl)c1. The number of halogens is 3. The lowest BCUT2D eigenvalue weighted by Crippen LogP contribution is -2.34. The quantitative estimate of drug-likeness (QED) is 0.179. The molecule has 2 atom stereocenters. The molecule has 0 radical (unpaired) electrons. The topological polar surface area (TPSA) is 40.0 Å². The van der Waals surface area contributed by atoms with Crippen molar-refractivity contribution in [2.75, 3.05) is 33.2 Å². The zero-order valence-electron chi connectivity index (χ0n) is 21.9. The van der Waals surface area contributed by atoms with Gasteiger partial charge in [-0.15, -0.1) is 6.58 Å². The highest BCUT2D eigenvalue weighted by molar-refractivity contribution is 8.06. The maximum atomic E-state index is 13.2. The van der Waals surface area contributed by atoms with Gasteiger partial charge >= 0.3 is 0 Å². The summed E-state index contributed by atoms with van der Waals surface area (Å²) in [7, 11) is 1.79. The Hall–Kier alpha value is -2.48. The molecule has 2 aliphatic heterocycles. The van der Waals surface area contributed by atoms with Gasteiger partial charge in [0.2, 0.25) is 0 Å². The highest BCUT2D eigenvalue weighted by atomic mass is 35.5. The molecule has 0 aromatic heterocycles. The van der Waals surface area contributed by atoms with E-state index in [1.165, 1.54) is 17.8 Å². The third-order valence-electron chi connectivity index (χ3n) is 5.63. The molecule has 0 aliphatic carbocycles. The summed E-state index contributed by atoms with van der Waals surface area (Å²) in [6.07, 6.45) is 8.19. The highest BCUT2D eigenvalue weighted by Crippen LogP contribution is 2.36. The average Bonchev–Trinajstić information content (AvgIpc) is 3.29. The summed E-state index contributed by atoms with van der Waals surface area (Å²) in [6, 6.07) is 5.82. The van der Waals surface area contributed by atoms with Crippen molar-refractivity contribution in [3.63, 3.8) is 0 Å². The van der Waals surface area contributed by atoms with Crippen molar-refractivity contribution in [3.05, 3.63) is 94.2 Å². The monoisotopic (exact) mass is 546 g/mol. The first kappa shape index (κ1) is 30.7. The van der Waals surface area contributed by atoms with Gasteiger partial charge in [0.1, 0.15) is 17.8 Å². The molecular formula is C29H37ClF2N4S. The number of hydrogen-bond donors (Lipinski definition) is 1. The number of amidine groups is 1. The molecule has 1 N–H and O–H groups in total. The highest BCUT2D eigenvalue weighted by Gasteiger charge is 2.35. The Kier molecular flexibility index (Phi) is 13.6. The Morgan fingerprint density at radius 1 is 1.43 bits per heavy atom. The molecule has 0 saturated carbocycles. The second-order valence-corrected chi connectivity index (χ2v) is 10.1. The molecule has 8 heteroatoms. The zero-order valence-corrected chi connectivity index (χ0v) is 23.5. The maximum Gasteiger partial charge on any atom is 0.141 e. The van der Waals surface area contributed by atoms with Crippen molar-refractivity contribution >= 4 is 34.9 Å². The van der Waals surface area contributed by atoms with E-state index in [9.17, 15) is 8.78 Å². The van der Waals surface area contributed by atoms with E-state index in [-0.39, 0.29) is 5.82 Å². The van der Waals surface area contributed by atoms with Crippen molar-refractivity contribution in [1.29, 1.82) is 0 Å². The van der Waals surface area contributed by atoms with Gasteiger partial charge in [-0.3, -0.25) is 9.98 Å². The van der Waals surface area contributed by atoms with Gasteiger partial charge in [0.05, 0.1) is 12.3 Å². The van der Waals surface area contributed by atoms with E-state index in [0.717, 1.165) is 48.1 Å². The van der Waals surface area contributed by atoms with Crippen LogP contribution in [-0.2, 0) is 0 Å². The predicted octanol–water partition coefficient (Wildman–Crippen LogP) is 7.38. The van der Waals surface area contributed by atoms with Gasteiger partial charge in [0.25, 0.3) is 0 Å². The van der Waals surface area contributed by atoms with Crippen molar-refractivity contribution in [2.45, 2.75) is 32.9 Å². The summed E-state index contributed by atoms with van der Waals surface area (Å²) >= 11 is 7.01. The molecule has 4 nitrogen and oxygen atoms in total. The molecule has 0 spiro atoms. The number of fused-ring (bicyclic) bond motifs is 1. The number of rotatable bonds is 11. The van der Waals surface area contributed by atoms with Gasteiger partial charge in [-0.2, -0.15) is 0 Å². The van der Waals surface area contributed by atoms with E-state index >= 15 is 0 Å². The van der Waals surface area contributed by atoms with Crippen LogP contribution in [0.5, 0.6) is 0 Å². The molecule has 200 valence electrons. The summed E-state index contributed by atoms with van der Waals surface area (Å²) in [5.41, 5.74) is 3.29. The number of alkyl halides is 1. The molecule has 1 saturated heterocycles. The summed E-state index contributed by atoms with van der Waals surface area (Å²) in [5, 5.41) is 5.90. The maximum absolute atomic E-state index is 13.2. The Morgan fingerprint density at radius 3 is 2.81 bits per heavy atom. The van der Waals surface area contributed by atoms with Crippen LogP contribution in [0.2, 0.25) is 5.02 Å². The van der Waals surface area contributed by atoms with Crippen LogP contribution in [0.25, 0.3) is 0 Å². The minimum Gasteiger partial charge on any atom is -0.329 e. The first-order valence-corrected chi connectivity index (χ1v) is 13.6. The molecule has 1 fully saturated rings. The fourth-order valence-electron chi connectivity index (χ4n) is 3.98. The normalized spacial score (nSPS) is 18.5. The van der Waals surface area contributed by atoms with Gasteiger partial charge in [0.15, 0.2) is 0 Å². The van der Waals surface area contributed by atoms with Crippen LogP contribution >= 0.6 is 23.4 Å². The van der Waals surface area contributed by atoms with E-state index in [1.807, 2.05) is 36.6 Å². The van der Waals surface area contributed by atoms with E-state index in [4.69, 9.17) is 16.6 Å². The third-order valence-corrected chi connectivity index (χ3v) is 6.74. The van der Waals surface area contributed by atoms with Gasteiger partial charge in [-0.25, -0.2) is 8.78 Å². The number of benzene rings is 1. The Labute approximate surface area is 229 Å². The van der Waals surface area contributed by atoms with Crippen molar-refractivity contribution in [3.8, 4) is 0 Å². The van der Waals surface area contributed by atoms with Crippen molar-refractivity contribution < 1.29 is 8.78 Å². The van der Waals surface area contributed by atoms with Gasteiger partial charge < -0.3 is 10.2 Å². The largest absolute Gasteiger partial charge is 0.329 e. The summed E-state index contributed by atoms with van der Waals surface area (Å²) in [5.74, 6) is 1.14. The number of nitrogens with one attached hydrogen (secondary N) is 1. The molecule has 0 amide bonds. The van der Waals surface area contributed by atoms with Gasteiger partial charge in [-0.1, -0.05) is 54.2 Å². The minimum absolute atomic E-state index is 0.294. The lowest BCUT2D eigenvalue weighted by atomic mass is 10.0. The second kappa shape index (κ2) is 16.4. The summed E-state index contributed by atoms with van der Waals surface area (Å²) in [6.45, 7) is 14.8. The number of hydrogen-bond acceptors (Lipinski definition) is 5. The molecule has 2 unspecified atom stereocenters. The summed E-state index contributed by atoms with van der Waals surface area (Å²) < 4.78 is 25.3. The molecule has 0 bridgehead atoms. The first-order valence-electron chi connectivity index (χ1n) is 12.3. The number of allylic oxidation sites excluding steroid dienone is 4. The predicted molar refractivity (Wildman–Crippen MR) is 158 cm³/mol. The lowest BCUT2D eigenvalue weighted by Gasteiger charge is -2.29. The Bertz CT molecular complexity index is 1060. The minimum atomic E-state index is -0.853. The molecule has 2 heterocycles. The van der Waals surface area contributed by atoms with Crippen LogP contribution in [0.15, 0.2) is 93.3 Å². The third kappa shape index (κ3) is 10.1. The molecule has 2 aliphatic rings. The van der Waals surface area contributed by atoms with Crippen LogP contribution in [0, 0.1) is 11.7 Å². The second-order valence-electron chi connectivity index (χ2n) is 8.67. The fraction of sp³-hybridized carbons (Fsp3) is 0.379. The Morgan fingerprint density at radius 2 is 2.22 bits per heavy atom. The van der Waals surface area contributed by atoms with Gasteiger partial charge in [0, 0.05) is 47.9 Å². The number of nitrogens with zero attached hydrogens (tertiary/aromatic N) is 3. The van der Waals surface area contributed by atoms with Crippen LogP contribution < -0.4 is 5.32 Å². The van der Waals surface area contributed by atoms with Crippen LogP contribution in [0.3, 0.4) is 0 Å². The molecule has 3 rings (SSSR count). The molecule has 1 aromatic carbocycles. The van der Waals surface area contributed by atoms with Crippen molar-refractivity contribution in [2.24, 2.45) is 15.9 Å². The van der Waals surface area contributed by atoms with E-state index in [0.29, 0.717) is 23.9 Å². The zero-order chi connectivity index (χ0) is 27.2. The number of thioether (sulfide) groups is 1. The molecule has 37 heavy (non-hydrogen) atoms. The van der Waals surface area contributed by atoms with Crippen LogP contribution in [-0.4, -0.2) is 55.8 Å². The Balaban J connectivity index is 0.000000510. The lowest BCUT2D eigenvalue weighted by molar-refractivity contribution is 0.365. The number of aliphatic imine (C=N–C) groups is 2. The smallest absolute Gasteiger partial charge is 0.141 e. The first-order chi connectivity index (χ1) is 17.8. The van der Waals surface area contributed by atoms with Crippen molar-refractivity contribution in [1.82, 2.24) is 10.2 Å². The standard InChI is InChI=1S/C23H33FN4S.C6H4ClF/c1-6-11-26-14-19-13-22-20(21(25-5)10-8-9-17(3)24)15-27-23(28(22)16-19)18(4)29-12-7-2;7-5-2-1-3-6(8)4-5/h6-8,10,12,17,19,26H,1,4,9,11,13-16H2,2-3,5H3;1-4H/b10-8-,12-7-,25-21?;. The van der Waals surface area contributed by atoms with E-state index < -0.39 is 6.17 Å². The summed E-state index contributed by atoms with van der Waals surface area (Å²) in [4.78, 5) is 12.6. The van der Waals surface area contributed by atoms with E-state index in [1.54, 1.807) is 37.9 Å². The van der Waals surface area contributed by atoms with Crippen LogP contribution in [0.4, 0.5) is 8.78 Å². The molecule has 1 aromatic rings. The van der Waals surface area contributed by atoms with E-state index in [2.05, 4.69) is 28.4 Å². The average molecular weight is 547 g/mol. The molecular weight excluding hydrogens is 510 g/mol.